The number of carboxylic acid groups (broad SMARTS) is 1. The third-order valence-corrected chi connectivity index (χ3v) is 3.85. The average molecular weight is 363 g/mol. The van der Waals surface area contributed by atoms with Crippen LogP contribution in [-0.4, -0.2) is 27.9 Å². The minimum absolute atomic E-state index is 0.144. The largest absolute Gasteiger partial charge is 0.480 e. The van der Waals surface area contributed by atoms with Crippen LogP contribution in [-0.2, 0) is 22.7 Å². The Balaban J connectivity index is 2.24. The number of hydrogen-bond donors (Lipinski definition) is 2. The number of aliphatic carboxylic acids is 1. The molecule has 1 atom stereocenters. The van der Waals surface area contributed by atoms with Crippen molar-refractivity contribution < 1.29 is 14.7 Å². The van der Waals surface area contributed by atoms with Crippen molar-refractivity contribution in [1.82, 2.24) is 10.2 Å². The van der Waals surface area contributed by atoms with Crippen molar-refractivity contribution in [2.24, 2.45) is 0 Å². The van der Waals surface area contributed by atoms with Gasteiger partial charge in [0.2, 0.25) is 0 Å². The SMILES string of the molecule is CC(NC(=O)/C(C#N)=C\N(Cc1ccccc1)Cc1ccccc1)C(=O)O. The summed E-state index contributed by atoms with van der Waals surface area (Å²) in [7, 11) is 0. The Morgan fingerprint density at radius 2 is 1.56 bits per heavy atom. The normalized spacial score (nSPS) is 11.9. The van der Waals surface area contributed by atoms with Gasteiger partial charge in [0.25, 0.3) is 5.91 Å². The third kappa shape index (κ3) is 6.33. The maximum Gasteiger partial charge on any atom is 0.325 e. The molecule has 2 N–H and O–H groups in total. The average Bonchev–Trinajstić information content (AvgIpc) is 2.67. The van der Waals surface area contributed by atoms with Crippen LogP contribution in [0.4, 0.5) is 0 Å². The van der Waals surface area contributed by atoms with Gasteiger partial charge in [-0.2, -0.15) is 5.26 Å². The highest BCUT2D eigenvalue weighted by molar-refractivity contribution is 5.99. The van der Waals surface area contributed by atoms with E-state index < -0.39 is 17.9 Å². The summed E-state index contributed by atoms with van der Waals surface area (Å²) in [6.07, 6.45) is 1.48. The van der Waals surface area contributed by atoms with Crippen LogP contribution in [0, 0.1) is 11.3 Å². The van der Waals surface area contributed by atoms with Crippen LogP contribution in [0.25, 0.3) is 0 Å². The highest BCUT2D eigenvalue weighted by Crippen LogP contribution is 2.12. The van der Waals surface area contributed by atoms with Gasteiger partial charge in [-0.3, -0.25) is 9.59 Å². The van der Waals surface area contributed by atoms with Crippen molar-refractivity contribution in [3.63, 3.8) is 0 Å². The van der Waals surface area contributed by atoms with Crippen LogP contribution in [0.2, 0.25) is 0 Å². The highest BCUT2D eigenvalue weighted by Gasteiger charge is 2.18. The lowest BCUT2D eigenvalue weighted by atomic mass is 10.1. The molecular weight excluding hydrogens is 342 g/mol. The van der Waals surface area contributed by atoms with Crippen LogP contribution in [0.15, 0.2) is 72.4 Å². The molecule has 0 aliphatic heterocycles. The molecule has 0 heterocycles. The van der Waals surface area contributed by atoms with Crippen LogP contribution >= 0.6 is 0 Å². The van der Waals surface area contributed by atoms with Crippen molar-refractivity contribution in [2.75, 3.05) is 0 Å². The van der Waals surface area contributed by atoms with E-state index in [1.807, 2.05) is 71.6 Å². The first-order valence-corrected chi connectivity index (χ1v) is 8.47. The molecule has 1 unspecified atom stereocenters. The van der Waals surface area contributed by atoms with Gasteiger partial charge in [0.05, 0.1) is 0 Å². The third-order valence-electron chi connectivity index (χ3n) is 3.85. The van der Waals surface area contributed by atoms with Gasteiger partial charge < -0.3 is 15.3 Å². The van der Waals surface area contributed by atoms with E-state index in [9.17, 15) is 14.9 Å². The van der Waals surface area contributed by atoms with Gasteiger partial charge in [-0.15, -0.1) is 0 Å². The van der Waals surface area contributed by atoms with E-state index in [4.69, 9.17) is 5.11 Å². The Labute approximate surface area is 158 Å². The van der Waals surface area contributed by atoms with E-state index in [2.05, 4.69) is 5.32 Å². The molecule has 0 saturated carbocycles. The minimum Gasteiger partial charge on any atom is -0.480 e. The molecule has 6 heteroatoms. The molecule has 0 saturated heterocycles. The second-order valence-electron chi connectivity index (χ2n) is 6.06. The predicted molar refractivity (Wildman–Crippen MR) is 101 cm³/mol. The smallest absolute Gasteiger partial charge is 0.325 e. The lowest BCUT2D eigenvalue weighted by molar-refractivity contribution is -0.140. The van der Waals surface area contributed by atoms with E-state index in [-0.39, 0.29) is 5.57 Å². The molecule has 0 aliphatic carbocycles. The molecule has 0 bridgehead atoms. The number of benzene rings is 2. The van der Waals surface area contributed by atoms with Crippen molar-refractivity contribution in [1.29, 1.82) is 5.26 Å². The molecular formula is C21H21N3O3. The fourth-order valence-corrected chi connectivity index (χ4v) is 2.44. The second-order valence-corrected chi connectivity index (χ2v) is 6.06. The van der Waals surface area contributed by atoms with E-state index in [0.29, 0.717) is 13.1 Å². The van der Waals surface area contributed by atoms with Crippen molar-refractivity contribution in [3.8, 4) is 6.07 Å². The topological polar surface area (TPSA) is 93.4 Å². The fourth-order valence-electron chi connectivity index (χ4n) is 2.44. The lowest BCUT2D eigenvalue weighted by Crippen LogP contribution is -2.39. The zero-order valence-electron chi connectivity index (χ0n) is 15.0. The quantitative estimate of drug-likeness (QED) is 0.556. The van der Waals surface area contributed by atoms with Gasteiger partial charge in [0.1, 0.15) is 17.7 Å². The Morgan fingerprint density at radius 1 is 1.07 bits per heavy atom. The summed E-state index contributed by atoms with van der Waals surface area (Å²) in [5, 5.41) is 20.6. The number of amides is 1. The Kier molecular flexibility index (Phi) is 7.15. The number of rotatable bonds is 8. The van der Waals surface area contributed by atoms with E-state index >= 15 is 0 Å². The standard InChI is InChI=1S/C21H21N3O3/c1-16(21(26)27)23-20(25)19(12-22)15-24(13-17-8-4-2-5-9-17)14-18-10-6-3-7-11-18/h2-11,15-16H,13-14H2,1H3,(H,23,25)(H,26,27)/b19-15-. The van der Waals surface area contributed by atoms with Crippen molar-refractivity contribution in [2.45, 2.75) is 26.1 Å². The summed E-state index contributed by atoms with van der Waals surface area (Å²) >= 11 is 0. The van der Waals surface area contributed by atoms with Crippen molar-refractivity contribution in [3.05, 3.63) is 83.6 Å². The van der Waals surface area contributed by atoms with Crippen LogP contribution in [0.1, 0.15) is 18.1 Å². The molecule has 138 valence electrons. The van der Waals surface area contributed by atoms with E-state index in [0.717, 1.165) is 11.1 Å². The summed E-state index contributed by atoms with van der Waals surface area (Å²) in [5.41, 5.74) is 1.91. The number of nitrogens with zero attached hydrogens (tertiary/aromatic N) is 2. The minimum atomic E-state index is -1.16. The molecule has 6 nitrogen and oxygen atoms in total. The highest BCUT2D eigenvalue weighted by atomic mass is 16.4. The van der Waals surface area contributed by atoms with Crippen LogP contribution in [0.3, 0.4) is 0 Å². The molecule has 0 radical (unpaired) electrons. The van der Waals surface area contributed by atoms with Gasteiger partial charge in [-0.25, -0.2) is 0 Å². The summed E-state index contributed by atoms with van der Waals surface area (Å²) in [6, 6.07) is 20.2. The molecule has 0 spiro atoms. The number of nitriles is 1. The number of carboxylic acids is 1. The molecule has 0 fully saturated rings. The molecule has 27 heavy (non-hydrogen) atoms. The number of nitrogens with one attached hydrogen (secondary N) is 1. The molecule has 2 aromatic rings. The Morgan fingerprint density at radius 3 is 1.96 bits per heavy atom. The number of carbonyl (C=O) groups excluding carboxylic acids is 1. The number of carbonyl (C=O) groups is 2. The zero-order chi connectivity index (χ0) is 19.6. The maximum atomic E-state index is 12.2. The zero-order valence-corrected chi connectivity index (χ0v) is 15.0. The first-order valence-electron chi connectivity index (χ1n) is 8.47. The van der Waals surface area contributed by atoms with Gasteiger partial charge in [-0.05, 0) is 18.1 Å². The predicted octanol–water partition coefficient (Wildman–Crippen LogP) is 2.69. The van der Waals surface area contributed by atoms with Crippen LogP contribution in [0.5, 0.6) is 0 Å². The van der Waals surface area contributed by atoms with Gasteiger partial charge in [-0.1, -0.05) is 60.7 Å². The monoisotopic (exact) mass is 363 g/mol. The summed E-state index contributed by atoms with van der Waals surface area (Å²) in [4.78, 5) is 25.0. The van der Waals surface area contributed by atoms with Gasteiger partial charge in [0.15, 0.2) is 0 Å². The van der Waals surface area contributed by atoms with Crippen molar-refractivity contribution >= 4 is 11.9 Å². The first-order chi connectivity index (χ1) is 13.0. The van der Waals surface area contributed by atoms with E-state index in [1.165, 1.54) is 13.1 Å². The summed E-state index contributed by atoms with van der Waals surface area (Å²) < 4.78 is 0. The van der Waals surface area contributed by atoms with Gasteiger partial charge >= 0.3 is 5.97 Å². The van der Waals surface area contributed by atoms with Gasteiger partial charge in [0, 0.05) is 19.3 Å². The molecule has 2 aromatic carbocycles. The first kappa shape index (κ1) is 19.7. The Bertz CT molecular complexity index is 800. The molecule has 2 rings (SSSR count). The van der Waals surface area contributed by atoms with E-state index in [1.54, 1.807) is 0 Å². The lowest BCUT2D eigenvalue weighted by Gasteiger charge is -2.21. The molecule has 1 amide bonds. The van der Waals surface area contributed by atoms with Crippen LogP contribution < -0.4 is 5.32 Å². The number of hydrogen-bond acceptors (Lipinski definition) is 4. The summed E-state index contributed by atoms with van der Waals surface area (Å²) in [5.74, 6) is -1.87. The molecule has 0 aromatic heterocycles. The maximum absolute atomic E-state index is 12.2. The molecule has 0 aliphatic rings. The fraction of sp³-hybridized carbons (Fsp3) is 0.190. The Hall–Kier alpha value is -3.59. The summed E-state index contributed by atoms with van der Waals surface area (Å²) in [6.45, 7) is 2.35. The second kappa shape index (κ2) is 9.78.